The van der Waals surface area contributed by atoms with Crippen LogP contribution in [-0.2, 0) is 26.4 Å². The highest BCUT2D eigenvalue weighted by molar-refractivity contribution is 5.17. The van der Waals surface area contributed by atoms with Gasteiger partial charge in [0.05, 0.1) is 11.4 Å². The molecule has 0 aliphatic rings. The van der Waals surface area contributed by atoms with Crippen LogP contribution < -0.4 is 5.32 Å². The van der Waals surface area contributed by atoms with Crippen LogP contribution in [0, 0.1) is 5.82 Å². The van der Waals surface area contributed by atoms with Crippen molar-refractivity contribution in [2.75, 3.05) is 0 Å². The predicted molar refractivity (Wildman–Crippen MR) is 79.0 cm³/mol. The Morgan fingerprint density at radius 1 is 1.30 bits per heavy atom. The van der Waals surface area contributed by atoms with E-state index in [1.54, 1.807) is 0 Å². The Labute approximate surface area is 119 Å². The number of benzene rings is 1. The maximum atomic E-state index is 12.8. The van der Waals surface area contributed by atoms with E-state index in [1.165, 1.54) is 17.8 Å². The molecule has 20 heavy (non-hydrogen) atoms. The van der Waals surface area contributed by atoms with Gasteiger partial charge in [-0.2, -0.15) is 5.10 Å². The largest absolute Gasteiger partial charge is 0.308 e. The van der Waals surface area contributed by atoms with Gasteiger partial charge in [0.25, 0.3) is 0 Å². The number of nitrogens with one attached hydrogen (secondary N) is 1. The molecule has 1 aromatic carbocycles. The van der Waals surface area contributed by atoms with Gasteiger partial charge in [-0.3, -0.25) is 4.68 Å². The Hall–Kier alpha value is -1.68. The lowest BCUT2D eigenvalue weighted by molar-refractivity contribution is 0.525. The predicted octanol–water partition coefficient (Wildman–Crippen LogP) is 2.84. The summed E-state index contributed by atoms with van der Waals surface area (Å²) in [7, 11) is 1.97. The van der Waals surface area contributed by atoms with Crippen LogP contribution in [0.25, 0.3) is 0 Å². The zero-order valence-electron chi connectivity index (χ0n) is 12.4. The van der Waals surface area contributed by atoms with E-state index < -0.39 is 0 Å². The van der Waals surface area contributed by atoms with E-state index in [2.05, 4.69) is 30.3 Å². The van der Waals surface area contributed by atoms with Crippen LogP contribution in [0.4, 0.5) is 4.39 Å². The molecule has 1 aromatic heterocycles. The van der Waals surface area contributed by atoms with Crippen LogP contribution in [0.2, 0.25) is 0 Å². The lowest BCUT2D eigenvalue weighted by Crippen LogP contribution is -2.28. The van der Waals surface area contributed by atoms with Gasteiger partial charge in [0.1, 0.15) is 5.82 Å². The van der Waals surface area contributed by atoms with Crippen LogP contribution in [0.1, 0.15) is 30.8 Å². The summed E-state index contributed by atoms with van der Waals surface area (Å²) in [5.74, 6) is -0.184. The summed E-state index contributed by atoms with van der Waals surface area (Å²) < 4.78 is 14.8. The van der Waals surface area contributed by atoms with Crippen molar-refractivity contribution in [3.63, 3.8) is 0 Å². The van der Waals surface area contributed by atoms with Crippen LogP contribution in [-0.4, -0.2) is 15.8 Å². The molecular formula is C16H22FN3. The van der Waals surface area contributed by atoms with Crippen molar-refractivity contribution in [2.45, 2.75) is 39.3 Å². The van der Waals surface area contributed by atoms with E-state index in [9.17, 15) is 4.39 Å². The molecule has 0 radical (unpaired) electrons. The summed E-state index contributed by atoms with van der Waals surface area (Å²) in [6.45, 7) is 5.04. The summed E-state index contributed by atoms with van der Waals surface area (Å²) in [6, 6.07) is 9.17. The first-order chi connectivity index (χ1) is 9.58. The maximum Gasteiger partial charge on any atom is 0.123 e. The highest BCUT2D eigenvalue weighted by atomic mass is 19.1. The van der Waals surface area contributed by atoms with E-state index in [-0.39, 0.29) is 5.82 Å². The molecule has 0 aliphatic carbocycles. The van der Waals surface area contributed by atoms with Gasteiger partial charge in [-0.25, -0.2) is 4.39 Å². The standard InChI is InChI=1S/C16H22FN3/c1-4-15-10-16(20(3)19-15)11-18-12(2)9-13-5-7-14(17)8-6-13/h5-8,10,12,18H,4,9,11H2,1-3H3. The third kappa shape index (κ3) is 3.90. The highest BCUT2D eigenvalue weighted by Crippen LogP contribution is 2.07. The van der Waals surface area contributed by atoms with E-state index in [0.29, 0.717) is 6.04 Å². The Bertz CT molecular complexity index is 545. The minimum absolute atomic E-state index is 0.184. The highest BCUT2D eigenvalue weighted by Gasteiger charge is 2.07. The van der Waals surface area contributed by atoms with Crippen molar-refractivity contribution in [1.29, 1.82) is 0 Å². The molecule has 0 bridgehead atoms. The van der Waals surface area contributed by atoms with Crippen LogP contribution >= 0.6 is 0 Å². The summed E-state index contributed by atoms with van der Waals surface area (Å²) in [5, 5.41) is 7.92. The van der Waals surface area contributed by atoms with E-state index >= 15 is 0 Å². The number of hydrogen-bond donors (Lipinski definition) is 1. The van der Waals surface area contributed by atoms with E-state index in [4.69, 9.17) is 0 Å². The number of rotatable bonds is 6. The molecule has 1 heterocycles. The van der Waals surface area contributed by atoms with Gasteiger partial charge in [-0.1, -0.05) is 19.1 Å². The van der Waals surface area contributed by atoms with Gasteiger partial charge in [0.15, 0.2) is 0 Å². The van der Waals surface area contributed by atoms with Crippen molar-refractivity contribution < 1.29 is 4.39 Å². The second-order valence-corrected chi connectivity index (χ2v) is 5.22. The first-order valence-electron chi connectivity index (χ1n) is 7.08. The van der Waals surface area contributed by atoms with Gasteiger partial charge < -0.3 is 5.32 Å². The van der Waals surface area contributed by atoms with Gasteiger partial charge in [0.2, 0.25) is 0 Å². The van der Waals surface area contributed by atoms with Gasteiger partial charge in [-0.15, -0.1) is 0 Å². The Balaban J connectivity index is 1.86. The van der Waals surface area contributed by atoms with Crippen molar-refractivity contribution in [2.24, 2.45) is 7.05 Å². The number of hydrogen-bond acceptors (Lipinski definition) is 2. The number of halogens is 1. The quantitative estimate of drug-likeness (QED) is 0.878. The summed E-state index contributed by atoms with van der Waals surface area (Å²) in [5.41, 5.74) is 3.45. The maximum absolute atomic E-state index is 12.8. The third-order valence-electron chi connectivity index (χ3n) is 3.48. The zero-order chi connectivity index (χ0) is 14.5. The van der Waals surface area contributed by atoms with Crippen LogP contribution in [0.5, 0.6) is 0 Å². The van der Waals surface area contributed by atoms with E-state index in [1.807, 2.05) is 23.9 Å². The van der Waals surface area contributed by atoms with Gasteiger partial charge in [0, 0.05) is 19.6 Å². The molecule has 0 spiro atoms. The van der Waals surface area contributed by atoms with Crippen molar-refractivity contribution in [3.8, 4) is 0 Å². The normalized spacial score (nSPS) is 12.6. The Morgan fingerprint density at radius 2 is 2.00 bits per heavy atom. The molecule has 1 N–H and O–H groups in total. The summed E-state index contributed by atoms with van der Waals surface area (Å²) in [6.07, 6.45) is 1.84. The van der Waals surface area contributed by atoms with Gasteiger partial charge >= 0.3 is 0 Å². The fraction of sp³-hybridized carbons (Fsp3) is 0.438. The number of aryl methyl sites for hydroxylation is 2. The Kier molecular flexibility index (Phi) is 4.90. The molecule has 108 valence electrons. The average molecular weight is 275 g/mol. The zero-order valence-corrected chi connectivity index (χ0v) is 12.4. The molecular weight excluding hydrogens is 253 g/mol. The molecule has 2 aromatic rings. The molecule has 0 amide bonds. The van der Waals surface area contributed by atoms with Crippen molar-refractivity contribution in [3.05, 3.63) is 53.1 Å². The Morgan fingerprint density at radius 3 is 2.60 bits per heavy atom. The monoisotopic (exact) mass is 275 g/mol. The summed E-state index contributed by atoms with van der Waals surface area (Å²) >= 11 is 0. The van der Waals surface area contributed by atoms with Crippen molar-refractivity contribution in [1.82, 2.24) is 15.1 Å². The van der Waals surface area contributed by atoms with E-state index in [0.717, 1.165) is 30.6 Å². The molecule has 4 heteroatoms. The first-order valence-corrected chi connectivity index (χ1v) is 7.08. The second-order valence-electron chi connectivity index (χ2n) is 5.22. The summed E-state index contributed by atoms with van der Waals surface area (Å²) in [4.78, 5) is 0. The number of nitrogens with zero attached hydrogens (tertiary/aromatic N) is 2. The third-order valence-corrected chi connectivity index (χ3v) is 3.48. The SMILES string of the molecule is CCc1cc(CNC(C)Cc2ccc(F)cc2)n(C)n1. The lowest BCUT2D eigenvalue weighted by Gasteiger charge is -2.14. The number of aromatic nitrogens is 2. The fourth-order valence-electron chi connectivity index (χ4n) is 2.23. The van der Waals surface area contributed by atoms with Gasteiger partial charge in [-0.05, 0) is 43.5 Å². The fourth-order valence-corrected chi connectivity index (χ4v) is 2.23. The van der Waals surface area contributed by atoms with Crippen LogP contribution in [0.3, 0.4) is 0 Å². The first kappa shape index (κ1) is 14.7. The molecule has 0 aliphatic heterocycles. The van der Waals surface area contributed by atoms with Crippen LogP contribution in [0.15, 0.2) is 30.3 Å². The minimum atomic E-state index is -0.184. The molecule has 3 nitrogen and oxygen atoms in total. The molecule has 0 fully saturated rings. The molecule has 1 atom stereocenters. The smallest absolute Gasteiger partial charge is 0.123 e. The lowest BCUT2D eigenvalue weighted by atomic mass is 10.1. The topological polar surface area (TPSA) is 29.9 Å². The second kappa shape index (κ2) is 6.66. The molecule has 2 rings (SSSR count). The molecule has 0 saturated carbocycles. The molecule has 0 saturated heterocycles. The average Bonchev–Trinajstić information content (AvgIpc) is 2.80. The molecule has 1 unspecified atom stereocenters. The minimum Gasteiger partial charge on any atom is -0.308 e. The van der Waals surface area contributed by atoms with Crippen molar-refractivity contribution >= 4 is 0 Å².